The highest BCUT2D eigenvalue weighted by Crippen LogP contribution is 2.20. The van der Waals surface area contributed by atoms with Crippen LogP contribution in [-0.2, 0) is 14.8 Å². The number of likely N-dealkylation sites (tertiary alicyclic amines) is 1. The molecule has 216 valence electrons. The van der Waals surface area contributed by atoms with Gasteiger partial charge in [0.15, 0.2) is 5.65 Å². The Morgan fingerprint density at radius 1 is 1.00 bits per heavy atom. The zero-order valence-corrected chi connectivity index (χ0v) is 22.8. The van der Waals surface area contributed by atoms with E-state index in [4.69, 9.17) is 5.11 Å². The molecule has 1 saturated heterocycles. The Morgan fingerprint density at radius 2 is 1.78 bits per heavy atom. The van der Waals surface area contributed by atoms with Crippen LogP contribution in [0.15, 0.2) is 49.1 Å². The molecule has 1 atom stereocenters. The van der Waals surface area contributed by atoms with E-state index in [1.54, 1.807) is 41.5 Å². The number of nitrogens with zero attached hydrogens (tertiary/aromatic N) is 7. The number of carbonyl (C=O) groups excluding carboxylic acids is 1. The van der Waals surface area contributed by atoms with E-state index in [2.05, 4.69) is 45.3 Å². The molecule has 5 N–H and O–H groups in total. The molecule has 0 radical (unpaired) electrons. The maximum atomic E-state index is 12.3. The van der Waals surface area contributed by atoms with E-state index in [0.29, 0.717) is 34.8 Å². The van der Waals surface area contributed by atoms with E-state index in [-0.39, 0.29) is 29.8 Å². The third-order valence-electron chi connectivity index (χ3n) is 6.34. The average molecular weight is 583 g/mol. The first-order valence-electron chi connectivity index (χ1n) is 13.0. The van der Waals surface area contributed by atoms with E-state index >= 15 is 0 Å². The third-order valence-corrected chi connectivity index (χ3v) is 7.64. The van der Waals surface area contributed by atoms with Crippen molar-refractivity contribution >= 4 is 50.2 Å². The SMILES string of the molecule is O=C(CN1CCCC1)Nc1ccc(-n2ncc3cnc(Nc4ccc(NS(=O)(=O)CCC(O)CO)nc4)nc32)cn1. The Labute approximate surface area is 235 Å². The van der Waals surface area contributed by atoms with Gasteiger partial charge in [0.25, 0.3) is 0 Å². The first-order chi connectivity index (χ1) is 19.8. The van der Waals surface area contributed by atoms with Gasteiger partial charge in [-0.3, -0.25) is 14.4 Å². The van der Waals surface area contributed by atoms with Crippen molar-refractivity contribution in [3.8, 4) is 5.69 Å². The molecule has 4 aromatic heterocycles. The number of aliphatic hydroxyl groups excluding tert-OH is 2. The molecule has 1 aliphatic rings. The fourth-order valence-electron chi connectivity index (χ4n) is 4.23. The van der Waals surface area contributed by atoms with Gasteiger partial charge >= 0.3 is 0 Å². The van der Waals surface area contributed by atoms with E-state index in [1.807, 2.05) is 0 Å². The summed E-state index contributed by atoms with van der Waals surface area (Å²) >= 11 is 0. The third kappa shape index (κ3) is 7.49. The minimum Gasteiger partial charge on any atom is -0.394 e. The molecule has 4 aromatic rings. The largest absolute Gasteiger partial charge is 0.394 e. The molecule has 0 spiro atoms. The normalized spacial score (nSPS) is 14.7. The van der Waals surface area contributed by atoms with Crippen molar-refractivity contribution in [1.29, 1.82) is 0 Å². The van der Waals surface area contributed by atoms with Gasteiger partial charge in [-0.25, -0.2) is 28.1 Å². The molecule has 1 aliphatic heterocycles. The zero-order chi connectivity index (χ0) is 28.8. The highest BCUT2D eigenvalue weighted by Gasteiger charge is 2.17. The van der Waals surface area contributed by atoms with Crippen molar-refractivity contribution in [2.45, 2.75) is 25.4 Å². The summed E-state index contributed by atoms with van der Waals surface area (Å²) in [6.07, 6.45) is 7.30. The van der Waals surface area contributed by atoms with E-state index in [1.165, 1.54) is 12.3 Å². The van der Waals surface area contributed by atoms with Crippen LogP contribution in [0.4, 0.5) is 23.3 Å². The van der Waals surface area contributed by atoms with Crippen LogP contribution in [0.1, 0.15) is 19.3 Å². The molecule has 0 aliphatic carbocycles. The number of aromatic nitrogens is 6. The maximum Gasteiger partial charge on any atom is 0.239 e. The second kappa shape index (κ2) is 12.5. The molecule has 0 saturated carbocycles. The summed E-state index contributed by atoms with van der Waals surface area (Å²) in [5.74, 6) is 0.368. The van der Waals surface area contributed by atoms with Gasteiger partial charge in [0.05, 0.1) is 60.4 Å². The van der Waals surface area contributed by atoms with Gasteiger partial charge in [-0.2, -0.15) is 10.1 Å². The number of anilines is 4. The Bertz CT molecular complexity index is 1590. The van der Waals surface area contributed by atoms with Crippen molar-refractivity contribution in [3.05, 3.63) is 49.1 Å². The van der Waals surface area contributed by atoms with Crippen LogP contribution in [0.3, 0.4) is 0 Å². The number of hydrogen-bond acceptors (Lipinski definition) is 12. The summed E-state index contributed by atoms with van der Waals surface area (Å²) in [5, 5.41) is 29.2. The Balaban J connectivity index is 1.23. The topological polar surface area (TPSA) is 200 Å². The predicted octanol–water partition coefficient (Wildman–Crippen LogP) is 0.868. The highest BCUT2D eigenvalue weighted by molar-refractivity contribution is 7.92. The minimum absolute atomic E-state index is 0.0991. The van der Waals surface area contributed by atoms with Crippen molar-refractivity contribution in [3.63, 3.8) is 0 Å². The summed E-state index contributed by atoms with van der Waals surface area (Å²) in [6.45, 7) is 1.72. The maximum absolute atomic E-state index is 12.3. The monoisotopic (exact) mass is 582 g/mol. The summed E-state index contributed by atoms with van der Waals surface area (Å²) in [5.41, 5.74) is 1.69. The lowest BCUT2D eigenvalue weighted by atomic mass is 10.3. The summed E-state index contributed by atoms with van der Waals surface area (Å²) in [4.78, 5) is 31.7. The fraction of sp³-hybridized carbons (Fsp3) is 0.360. The molecule has 1 unspecified atom stereocenters. The van der Waals surface area contributed by atoms with Crippen molar-refractivity contribution < 1.29 is 23.4 Å². The van der Waals surface area contributed by atoms with Crippen LogP contribution < -0.4 is 15.4 Å². The number of carbonyl (C=O) groups is 1. The fourth-order valence-corrected chi connectivity index (χ4v) is 5.35. The van der Waals surface area contributed by atoms with Crippen molar-refractivity contribution in [2.24, 2.45) is 0 Å². The van der Waals surface area contributed by atoms with Gasteiger partial charge in [0.1, 0.15) is 11.6 Å². The van der Waals surface area contributed by atoms with Crippen LogP contribution in [0.2, 0.25) is 0 Å². The van der Waals surface area contributed by atoms with Crippen LogP contribution in [0.25, 0.3) is 16.7 Å². The lowest BCUT2D eigenvalue weighted by molar-refractivity contribution is -0.117. The number of sulfonamides is 1. The van der Waals surface area contributed by atoms with Gasteiger partial charge in [-0.15, -0.1) is 0 Å². The number of pyridine rings is 2. The van der Waals surface area contributed by atoms with Gasteiger partial charge in [-0.05, 0) is 56.6 Å². The first kappa shape index (κ1) is 28.3. The quantitative estimate of drug-likeness (QED) is 0.158. The van der Waals surface area contributed by atoms with E-state index in [9.17, 15) is 18.3 Å². The number of aliphatic hydroxyl groups is 2. The molecular weight excluding hydrogens is 552 g/mol. The molecule has 5 rings (SSSR count). The molecule has 5 heterocycles. The van der Waals surface area contributed by atoms with Crippen LogP contribution in [0, 0.1) is 0 Å². The van der Waals surface area contributed by atoms with Crippen LogP contribution in [0.5, 0.6) is 0 Å². The molecule has 1 amide bonds. The number of amides is 1. The van der Waals surface area contributed by atoms with E-state index < -0.39 is 22.7 Å². The smallest absolute Gasteiger partial charge is 0.239 e. The molecule has 1 fully saturated rings. The Kier molecular flexibility index (Phi) is 8.63. The molecule has 15 nitrogen and oxygen atoms in total. The van der Waals surface area contributed by atoms with Gasteiger partial charge in [0.2, 0.25) is 21.9 Å². The first-order valence-corrected chi connectivity index (χ1v) is 14.6. The van der Waals surface area contributed by atoms with Crippen molar-refractivity contribution in [2.75, 3.05) is 47.3 Å². The van der Waals surface area contributed by atoms with Gasteiger partial charge in [0, 0.05) is 6.20 Å². The zero-order valence-electron chi connectivity index (χ0n) is 22.0. The predicted molar refractivity (Wildman–Crippen MR) is 151 cm³/mol. The Hall–Kier alpha value is -4.25. The van der Waals surface area contributed by atoms with Crippen LogP contribution >= 0.6 is 0 Å². The number of fused-ring (bicyclic) bond motifs is 1. The Morgan fingerprint density at radius 3 is 2.49 bits per heavy atom. The summed E-state index contributed by atoms with van der Waals surface area (Å²) in [7, 11) is -3.74. The molecule has 41 heavy (non-hydrogen) atoms. The molecule has 0 bridgehead atoms. The lowest BCUT2D eigenvalue weighted by Gasteiger charge is -2.13. The second-order valence-corrected chi connectivity index (χ2v) is 11.4. The second-order valence-electron chi connectivity index (χ2n) is 9.57. The minimum atomic E-state index is -3.74. The van der Waals surface area contributed by atoms with Crippen LogP contribution in [-0.4, -0.2) is 97.3 Å². The van der Waals surface area contributed by atoms with E-state index in [0.717, 1.165) is 25.9 Å². The molecule has 0 aromatic carbocycles. The highest BCUT2D eigenvalue weighted by atomic mass is 32.2. The lowest BCUT2D eigenvalue weighted by Crippen LogP contribution is -2.31. The number of hydrogen-bond donors (Lipinski definition) is 5. The number of rotatable bonds is 12. The van der Waals surface area contributed by atoms with Gasteiger partial charge in [-0.1, -0.05) is 0 Å². The average Bonchev–Trinajstić information content (AvgIpc) is 3.63. The van der Waals surface area contributed by atoms with Crippen molar-refractivity contribution in [1.82, 2.24) is 34.6 Å². The standard InChI is InChI=1S/C25H30N10O5S/c36-16-20(37)7-10-41(39,40)33-22-5-3-18(13-26-22)30-25-28-11-17-12-29-35(24(17)32-25)19-4-6-21(27-14-19)31-23(38)15-34-8-1-2-9-34/h3-6,11-14,20,36-37H,1-2,7-10,15-16H2,(H,26,33)(H,27,31,38)(H,28,30,32). The molecule has 16 heteroatoms. The summed E-state index contributed by atoms with van der Waals surface area (Å²) < 4.78 is 28.3. The number of nitrogens with one attached hydrogen (secondary N) is 3. The summed E-state index contributed by atoms with van der Waals surface area (Å²) in [6, 6.07) is 6.58. The molecular formula is C25H30N10O5S. The van der Waals surface area contributed by atoms with Gasteiger partial charge < -0.3 is 20.8 Å².